The first-order valence-corrected chi connectivity index (χ1v) is 6.38. The molecular formula is C14H11ClN4O. The van der Waals surface area contributed by atoms with Crippen LogP contribution < -0.4 is 5.32 Å². The second kappa shape index (κ2) is 4.94. The van der Waals surface area contributed by atoms with E-state index in [9.17, 15) is 4.79 Å². The van der Waals surface area contributed by atoms with Gasteiger partial charge >= 0.3 is 0 Å². The van der Waals surface area contributed by atoms with E-state index in [1.165, 1.54) is 0 Å². The highest BCUT2D eigenvalue weighted by atomic mass is 35.5. The number of hydrogen-bond donors (Lipinski definition) is 1. The third-order valence-electron chi connectivity index (χ3n) is 2.98. The molecule has 1 aromatic carbocycles. The number of aryl methyl sites for hydroxylation is 1. The van der Waals surface area contributed by atoms with Crippen LogP contribution in [0.25, 0.3) is 5.65 Å². The molecule has 3 aromatic rings. The lowest BCUT2D eigenvalue weighted by Gasteiger charge is -2.07. The van der Waals surface area contributed by atoms with E-state index >= 15 is 0 Å². The maximum atomic E-state index is 12.2. The predicted octanol–water partition coefficient (Wildman–Crippen LogP) is 2.94. The van der Waals surface area contributed by atoms with Crippen molar-refractivity contribution in [3.8, 4) is 0 Å². The number of fused-ring (bicyclic) bond motifs is 1. The van der Waals surface area contributed by atoms with E-state index < -0.39 is 0 Å². The van der Waals surface area contributed by atoms with Crippen LogP contribution in [0.4, 0.5) is 5.69 Å². The van der Waals surface area contributed by atoms with Crippen LogP contribution in [0, 0.1) is 6.92 Å². The molecule has 0 aliphatic heterocycles. The highest BCUT2D eigenvalue weighted by Gasteiger charge is 2.08. The van der Waals surface area contributed by atoms with Crippen LogP contribution >= 0.6 is 11.6 Å². The maximum Gasteiger partial charge on any atom is 0.257 e. The largest absolute Gasteiger partial charge is 0.322 e. The lowest BCUT2D eigenvalue weighted by molar-refractivity contribution is 0.102. The van der Waals surface area contributed by atoms with Crippen LogP contribution in [0.2, 0.25) is 5.02 Å². The molecule has 0 saturated carbocycles. The van der Waals surface area contributed by atoms with Crippen LogP contribution in [-0.4, -0.2) is 20.5 Å². The van der Waals surface area contributed by atoms with Gasteiger partial charge in [-0.05, 0) is 36.8 Å². The Labute approximate surface area is 120 Å². The molecule has 100 valence electrons. The normalized spacial score (nSPS) is 10.7. The summed E-state index contributed by atoms with van der Waals surface area (Å²) in [7, 11) is 0. The number of amides is 1. The monoisotopic (exact) mass is 286 g/mol. The van der Waals surface area contributed by atoms with Gasteiger partial charge in [0.2, 0.25) is 0 Å². The van der Waals surface area contributed by atoms with Crippen molar-refractivity contribution in [1.82, 2.24) is 14.6 Å². The van der Waals surface area contributed by atoms with Gasteiger partial charge in [0.15, 0.2) is 5.65 Å². The lowest BCUT2D eigenvalue weighted by atomic mass is 10.2. The number of pyridine rings is 1. The zero-order valence-corrected chi connectivity index (χ0v) is 11.4. The second-order valence-electron chi connectivity index (χ2n) is 4.43. The highest BCUT2D eigenvalue weighted by Crippen LogP contribution is 2.20. The van der Waals surface area contributed by atoms with Gasteiger partial charge in [-0.25, -0.2) is 0 Å². The van der Waals surface area contributed by atoms with Crippen LogP contribution in [0.15, 0.2) is 42.9 Å². The fourth-order valence-corrected chi connectivity index (χ4v) is 2.02. The van der Waals surface area contributed by atoms with E-state index in [0.29, 0.717) is 21.9 Å². The molecule has 0 radical (unpaired) electrons. The summed E-state index contributed by atoms with van der Waals surface area (Å²) < 4.78 is 1.69. The predicted molar refractivity (Wildman–Crippen MR) is 77.1 cm³/mol. The Balaban J connectivity index is 1.86. The number of hydrogen-bond acceptors (Lipinski definition) is 3. The first-order chi connectivity index (χ1) is 9.63. The Hall–Kier alpha value is -2.40. The third-order valence-corrected chi connectivity index (χ3v) is 3.39. The summed E-state index contributed by atoms with van der Waals surface area (Å²) in [5.41, 5.74) is 2.85. The number of rotatable bonds is 2. The average Bonchev–Trinajstić information content (AvgIpc) is 2.90. The quantitative estimate of drug-likeness (QED) is 0.788. The summed E-state index contributed by atoms with van der Waals surface area (Å²) in [6, 6.07) is 8.85. The Morgan fingerprint density at radius 1 is 1.30 bits per heavy atom. The summed E-state index contributed by atoms with van der Waals surface area (Å²) in [6.45, 7) is 1.91. The van der Waals surface area contributed by atoms with Crippen molar-refractivity contribution in [2.75, 3.05) is 5.32 Å². The van der Waals surface area contributed by atoms with Crippen LogP contribution in [-0.2, 0) is 0 Å². The SMILES string of the molecule is Cc1ccc(NC(=O)c2ccc3nncn3c2)cc1Cl. The first kappa shape index (κ1) is 12.6. The molecule has 1 N–H and O–H groups in total. The van der Waals surface area contributed by atoms with Gasteiger partial charge in [0.05, 0.1) is 5.56 Å². The van der Waals surface area contributed by atoms with E-state index in [1.54, 1.807) is 35.1 Å². The van der Waals surface area contributed by atoms with Gasteiger partial charge in [-0.1, -0.05) is 17.7 Å². The maximum absolute atomic E-state index is 12.2. The molecule has 2 heterocycles. The first-order valence-electron chi connectivity index (χ1n) is 6.00. The highest BCUT2D eigenvalue weighted by molar-refractivity contribution is 6.31. The molecule has 20 heavy (non-hydrogen) atoms. The fourth-order valence-electron chi connectivity index (χ4n) is 1.84. The van der Waals surface area contributed by atoms with E-state index in [1.807, 2.05) is 19.1 Å². The van der Waals surface area contributed by atoms with Crippen molar-refractivity contribution in [3.63, 3.8) is 0 Å². The zero-order chi connectivity index (χ0) is 14.1. The number of carbonyl (C=O) groups excluding carboxylic acids is 1. The van der Waals surface area contributed by atoms with Crippen molar-refractivity contribution >= 4 is 28.8 Å². The molecule has 0 aliphatic carbocycles. The molecule has 0 atom stereocenters. The Bertz CT molecular complexity index is 797. The minimum atomic E-state index is -0.208. The number of nitrogens with one attached hydrogen (secondary N) is 1. The van der Waals surface area contributed by atoms with Gasteiger partial charge < -0.3 is 5.32 Å². The van der Waals surface area contributed by atoms with Gasteiger partial charge in [-0.15, -0.1) is 10.2 Å². The zero-order valence-electron chi connectivity index (χ0n) is 10.7. The van der Waals surface area contributed by atoms with E-state index in [0.717, 1.165) is 5.56 Å². The Morgan fingerprint density at radius 3 is 2.95 bits per heavy atom. The van der Waals surface area contributed by atoms with E-state index in [2.05, 4.69) is 15.5 Å². The van der Waals surface area contributed by atoms with E-state index in [4.69, 9.17) is 11.6 Å². The number of halogens is 1. The summed E-state index contributed by atoms with van der Waals surface area (Å²) in [4.78, 5) is 12.2. The molecule has 2 aromatic heterocycles. The van der Waals surface area contributed by atoms with Crippen LogP contribution in [0.5, 0.6) is 0 Å². The Morgan fingerprint density at radius 2 is 2.15 bits per heavy atom. The van der Waals surface area contributed by atoms with Gasteiger partial charge in [0.1, 0.15) is 6.33 Å². The smallest absolute Gasteiger partial charge is 0.257 e. The molecule has 0 spiro atoms. The van der Waals surface area contributed by atoms with Crippen molar-refractivity contribution < 1.29 is 4.79 Å². The standard InChI is InChI=1S/C14H11ClN4O/c1-9-2-4-11(6-12(9)15)17-14(20)10-3-5-13-18-16-8-19(13)7-10/h2-8H,1H3,(H,17,20). The summed E-state index contributed by atoms with van der Waals surface area (Å²) in [5.74, 6) is -0.208. The topological polar surface area (TPSA) is 59.3 Å². The number of nitrogens with zero attached hydrogens (tertiary/aromatic N) is 3. The molecule has 0 aliphatic rings. The van der Waals surface area contributed by atoms with Gasteiger partial charge in [-0.2, -0.15) is 0 Å². The van der Waals surface area contributed by atoms with Crippen molar-refractivity contribution in [3.05, 3.63) is 59.0 Å². The molecule has 6 heteroatoms. The third kappa shape index (κ3) is 2.35. The number of anilines is 1. The summed E-state index contributed by atoms with van der Waals surface area (Å²) in [6.07, 6.45) is 3.23. The van der Waals surface area contributed by atoms with Crippen molar-refractivity contribution in [2.24, 2.45) is 0 Å². The van der Waals surface area contributed by atoms with Crippen LogP contribution in [0.3, 0.4) is 0 Å². The molecule has 0 bridgehead atoms. The number of aromatic nitrogens is 3. The van der Waals surface area contributed by atoms with Gasteiger partial charge in [0.25, 0.3) is 5.91 Å². The van der Waals surface area contributed by atoms with Crippen LogP contribution in [0.1, 0.15) is 15.9 Å². The minimum absolute atomic E-state index is 0.208. The van der Waals surface area contributed by atoms with Gasteiger partial charge in [0, 0.05) is 16.9 Å². The molecular weight excluding hydrogens is 276 g/mol. The molecule has 5 nitrogen and oxygen atoms in total. The second-order valence-corrected chi connectivity index (χ2v) is 4.84. The lowest BCUT2D eigenvalue weighted by Crippen LogP contribution is -2.12. The Kier molecular flexibility index (Phi) is 3.12. The molecule has 0 fully saturated rings. The molecule has 3 rings (SSSR count). The fraction of sp³-hybridized carbons (Fsp3) is 0.0714. The summed E-state index contributed by atoms with van der Waals surface area (Å²) >= 11 is 6.03. The van der Waals surface area contributed by atoms with Gasteiger partial charge in [-0.3, -0.25) is 9.20 Å². The number of benzene rings is 1. The van der Waals surface area contributed by atoms with Crippen molar-refractivity contribution in [1.29, 1.82) is 0 Å². The summed E-state index contributed by atoms with van der Waals surface area (Å²) in [5, 5.41) is 11.1. The number of carbonyl (C=O) groups is 1. The van der Waals surface area contributed by atoms with E-state index in [-0.39, 0.29) is 5.91 Å². The molecule has 1 amide bonds. The van der Waals surface area contributed by atoms with Crippen molar-refractivity contribution in [2.45, 2.75) is 6.92 Å². The molecule has 0 saturated heterocycles. The molecule has 0 unspecified atom stereocenters. The minimum Gasteiger partial charge on any atom is -0.322 e. The average molecular weight is 287 g/mol.